The van der Waals surface area contributed by atoms with Crippen LogP contribution < -0.4 is 10.2 Å². The number of rotatable bonds is 7. The molecule has 32 heavy (non-hydrogen) atoms. The van der Waals surface area contributed by atoms with E-state index in [1.807, 2.05) is 11.0 Å². The molecular weight excluding hydrogens is 422 g/mol. The third kappa shape index (κ3) is 4.05. The van der Waals surface area contributed by atoms with Gasteiger partial charge in [0.05, 0.1) is 17.4 Å². The van der Waals surface area contributed by atoms with E-state index >= 15 is 0 Å². The second kappa shape index (κ2) is 8.22. The zero-order valence-electron chi connectivity index (χ0n) is 18.3. The van der Waals surface area contributed by atoms with Crippen LogP contribution in [0.3, 0.4) is 0 Å². The molecule has 3 fully saturated rings. The fraction of sp³-hybridized carbons (Fsp3) is 0.560. The molecule has 6 nitrogen and oxygen atoms in total. The first-order chi connectivity index (χ1) is 15.7. The van der Waals surface area contributed by atoms with Crippen molar-refractivity contribution < 1.29 is 4.79 Å². The van der Waals surface area contributed by atoms with Crippen LogP contribution in [0.5, 0.6) is 0 Å². The number of nitrogens with one attached hydrogen (secondary N) is 1. The first-order valence-electron chi connectivity index (χ1n) is 12.1. The molecule has 1 saturated heterocycles. The molecule has 168 valence electrons. The predicted molar refractivity (Wildman–Crippen MR) is 126 cm³/mol. The molecule has 2 aliphatic carbocycles. The third-order valence-electron chi connectivity index (χ3n) is 7.78. The van der Waals surface area contributed by atoms with E-state index < -0.39 is 0 Å². The maximum atomic E-state index is 12.5. The number of carbonyl (C=O) groups is 1. The van der Waals surface area contributed by atoms with Crippen LogP contribution in [0.1, 0.15) is 54.4 Å². The van der Waals surface area contributed by atoms with Crippen molar-refractivity contribution in [2.75, 3.05) is 29.9 Å². The minimum absolute atomic E-state index is 0.226. The van der Waals surface area contributed by atoms with E-state index in [0.717, 1.165) is 61.1 Å². The van der Waals surface area contributed by atoms with Gasteiger partial charge in [-0.1, -0.05) is 11.6 Å². The van der Waals surface area contributed by atoms with Gasteiger partial charge in [-0.3, -0.25) is 4.79 Å². The molecule has 2 aromatic rings. The summed E-state index contributed by atoms with van der Waals surface area (Å²) in [5.74, 6) is 3.61. The largest absolute Gasteiger partial charge is 0.385 e. The summed E-state index contributed by atoms with van der Waals surface area (Å²) in [5, 5.41) is 4.20. The first kappa shape index (κ1) is 20.3. The number of piperidine rings is 1. The minimum atomic E-state index is 0.226. The van der Waals surface area contributed by atoms with Crippen molar-refractivity contribution in [1.29, 1.82) is 0 Å². The van der Waals surface area contributed by atoms with E-state index in [1.165, 1.54) is 44.1 Å². The van der Waals surface area contributed by atoms with Crippen molar-refractivity contribution in [3.05, 3.63) is 46.7 Å². The molecule has 1 aromatic heterocycles. The van der Waals surface area contributed by atoms with Gasteiger partial charge in [-0.15, -0.1) is 0 Å². The smallest absolute Gasteiger partial charge is 0.254 e. The molecule has 1 aromatic carbocycles. The molecule has 2 saturated carbocycles. The maximum absolute atomic E-state index is 12.5. The highest BCUT2D eigenvalue weighted by molar-refractivity contribution is 6.30. The summed E-state index contributed by atoms with van der Waals surface area (Å²) < 4.78 is 0. The summed E-state index contributed by atoms with van der Waals surface area (Å²) in [6.07, 6.45) is 10.8. The Hall–Kier alpha value is -2.34. The average molecular weight is 452 g/mol. The predicted octanol–water partition coefficient (Wildman–Crippen LogP) is 4.60. The van der Waals surface area contributed by atoms with Crippen molar-refractivity contribution in [2.45, 2.75) is 51.1 Å². The number of hydrogen-bond donors (Lipinski definition) is 1. The Morgan fingerprint density at radius 2 is 1.88 bits per heavy atom. The molecule has 0 radical (unpaired) electrons. The van der Waals surface area contributed by atoms with Crippen molar-refractivity contribution >= 4 is 29.1 Å². The number of amides is 1. The Morgan fingerprint density at radius 1 is 1.09 bits per heavy atom. The Kier molecular flexibility index (Phi) is 5.21. The monoisotopic (exact) mass is 451 g/mol. The second-order valence-corrected chi connectivity index (χ2v) is 10.4. The van der Waals surface area contributed by atoms with Gasteiger partial charge in [0.15, 0.2) is 0 Å². The number of fused-ring (bicyclic) bond motifs is 1. The lowest BCUT2D eigenvalue weighted by atomic mass is 9.90. The average Bonchev–Trinajstić information content (AvgIpc) is 3.74. The zero-order chi connectivity index (χ0) is 21.7. The number of benzene rings is 1. The van der Waals surface area contributed by atoms with Gasteiger partial charge < -0.3 is 15.1 Å². The number of carbonyl (C=O) groups excluding carboxylic acids is 1. The molecule has 3 heterocycles. The van der Waals surface area contributed by atoms with E-state index in [2.05, 4.69) is 32.3 Å². The van der Waals surface area contributed by atoms with E-state index in [9.17, 15) is 4.79 Å². The summed E-state index contributed by atoms with van der Waals surface area (Å²) in [6.45, 7) is 3.88. The molecule has 6 rings (SSSR count). The third-order valence-corrected chi connectivity index (χ3v) is 7.98. The minimum Gasteiger partial charge on any atom is -0.385 e. The normalized spacial score (nSPS) is 25.2. The van der Waals surface area contributed by atoms with Crippen LogP contribution in [0.4, 0.5) is 11.6 Å². The van der Waals surface area contributed by atoms with Crippen LogP contribution in [-0.4, -0.2) is 46.5 Å². The number of hydrogen-bond acceptors (Lipinski definition) is 5. The molecular formula is C25H30ClN5O. The van der Waals surface area contributed by atoms with Crippen LogP contribution in [0.15, 0.2) is 30.6 Å². The number of halogens is 1. The number of nitrogens with zero attached hydrogens (tertiary/aromatic N) is 4. The molecule has 2 aliphatic heterocycles. The molecule has 1 amide bonds. The van der Waals surface area contributed by atoms with Crippen molar-refractivity contribution in [1.82, 2.24) is 14.9 Å². The lowest BCUT2D eigenvalue weighted by molar-refractivity contribution is 0.0766. The van der Waals surface area contributed by atoms with Crippen molar-refractivity contribution in [3.63, 3.8) is 0 Å². The van der Waals surface area contributed by atoms with Gasteiger partial charge >= 0.3 is 0 Å². The summed E-state index contributed by atoms with van der Waals surface area (Å²) >= 11 is 5.91. The van der Waals surface area contributed by atoms with Crippen LogP contribution >= 0.6 is 11.6 Å². The molecule has 2 atom stereocenters. The zero-order valence-corrected chi connectivity index (χ0v) is 19.1. The Balaban J connectivity index is 0.948. The summed E-state index contributed by atoms with van der Waals surface area (Å²) in [6, 6.07) is 6.77. The van der Waals surface area contributed by atoms with Crippen molar-refractivity contribution in [3.8, 4) is 0 Å². The number of anilines is 2. The van der Waals surface area contributed by atoms with Gasteiger partial charge in [0, 0.05) is 43.5 Å². The lowest BCUT2D eigenvalue weighted by Crippen LogP contribution is -2.35. The van der Waals surface area contributed by atoms with Gasteiger partial charge in [0.25, 0.3) is 5.91 Å². The Morgan fingerprint density at radius 3 is 2.62 bits per heavy atom. The van der Waals surface area contributed by atoms with Gasteiger partial charge in [-0.25, -0.2) is 9.97 Å². The van der Waals surface area contributed by atoms with E-state index in [-0.39, 0.29) is 5.91 Å². The molecule has 1 unspecified atom stereocenters. The van der Waals surface area contributed by atoms with Gasteiger partial charge in [-0.05, 0) is 80.0 Å². The van der Waals surface area contributed by atoms with Gasteiger partial charge in [-0.2, -0.15) is 0 Å². The fourth-order valence-corrected chi connectivity index (χ4v) is 5.81. The quantitative estimate of drug-likeness (QED) is 0.666. The fourth-order valence-electron chi connectivity index (χ4n) is 5.71. The molecule has 0 bridgehead atoms. The van der Waals surface area contributed by atoms with E-state index in [4.69, 9.17) is 11.6 Å². The Labute approximate surface area is 194 Å². The van der Waals surface area contributed by atoms with Crippen molar-refractivity contribution in [2.24, 2.45) is 17.8 Å². The van der Waals surface area contributed by atoms with Crippen LogP contribution in [-0.2, 0) is 6.54 Å². The molecule has 4 aliphatic rings. The van der Waals surface area contributed by atoms with Crippen LogP contribution in [0.2, 0.25) is 5.02 Å². The molecule has 1 N–H and O–H groups in total. The first-order valence-corrected chi connectivity index (χ1v) is 12.4. The Bertz CT molecular complexity index is 1000. The second-order valence-electron chi connectivity index (χ2n) is 9.94. The number of aromatic nitrogens is 2. The topological polar surface area (TPSA) is 61.4 Å². The lowest BCUT2D eigenvalue weighted by Gasteiger charge is -2.32. The maximum Gasteiger partial charge on any atom is 0.254 e. The molecule has 0 spiro atoms. The van der Waals surface area contributed by atoms with E-state index in [1.54, 1.807) is 12.4 Å². The highest BCUT2D eigenvalue weighted by Gasteiger charge is 2.43. The summed E-state index contributed by atoms with van der Waals surface area (Å²) in [7, 11) is 0. The SMILES string of the molecule is O=C1c2ccc(NCC[C@@H]3CC3C3CCN(c4ncc(Cl)cn4)CC3)cc2CN1C1CC1. The molecule has 7 heteroatoms. The summed E-state index contributed by atoms with van der Waals surface area (Å²) in [5.41, 5.74) is 3.25. The van der Waals surface area contributed by atoms with E-state index in [0.29, 0.717) is 11.1 Å². The standard InChI is InChI=1S/C25H30ClN5O/c26-19-13-28-25(29-14-19)30-9-6-16(7-10-30)23-12-17(23)5-8-27-20-1-4-22-18(11-20)15-31(24(22)32)21-2-3-21/h1,4,11,13-14,16-17,21,23,27H,2-3,5-10,12,15H2/t17-,23?/m1/s1. The van der Waals surface area contributed by atoms with Gasteiger partial charge in [0.2, 0.25) is 5.95 Å². The van der Waals surface area contributed by atoms with Gasteiger partial charge in [0.1, 0.15) is 0 Å². The van der Waals surface area contributed by atoms with Crippen LogP contribution in [0, 0.1) is 17.8 Å². The highest BCUT2D eigenvalue weighted by atomic mass is 35.5. The summed E-state index contributed by atoms with van der Waals surface area (Å²) in [4.78, 5) is 25.6. The van der Waals surface area contributed by atoms with Crippen LogP contribution in [0.25, 0.3) is 0 Å². The highest BCUT2D eigenvalue weighted by Crippen LogP contribution is 2.49.